The summed E-state index contributed by atoms with van der Waals surface area (Å²) in [6, 6.07) is 15.7. The molecule has 0 radical (unpaired) electrons. The Labute approximate surface area is 184 Å². The Balaban J connectivity index is 1.94. The predicted octanol–water partition coefficient (Wildman–Crippen LogP) is 5.36. The third-order valence-electron chi connectivity index (χ3n) is 4.29. The molecule has 0 atom stereocenters. The molecule has 0 unspecified atom stereocenters. The summed E-state index contributed by atoms with van der Waals surface area (Å²) in [5.74, 6) is -0.0662. The maximum Gasteiger partial charge on any atom is 0.262 e. The van der Waals surface area contributed by atoms with Crippen LogP contribution >= 0.6 is 23.2 Å². The number of hydrogen-bond acceptors (Lipinski definition) is 4. The zero-order valence-corrected chi connectivity index (χ0v) is 18.4. The van der Waals surface area contributed by atoms with E-state index in [2.05, 4.69) is 10.0 Å². The van der Waals surface area contributed by atoms with Crippen LogP contribution in [0.4, 0.5) is 11.4 Å². The summed E-state index contributed by atoms with van der Waals surface area (Å²) < 4.78 is 33.4. The van der Waals surface area contributed by atoms with Crippen LogP contribution in [-0.2, 0) is 10.0 Å². The van der Waals surface area contributed by atoms with Crippen molar-refractivity contribution in [3.05, 3.63) is 81.8 Å². The molecule has 0 fully saturated rings. The maximum atomic E-state index is 12.9. The molecular weight excluding hydrogens is 447 g/mol. The van der Waals surface area contributed by atoms with E-state index >= 15 is 0 Å². The highest BCUT2D eigenvalue weighted by atomic mass is 35.5. The Bertz CT molecular complexity index is 1210. The van der Waals surface area contributed by atoms with Gasteiger partial charge in [0.2, 0.25) is 0 Å². The molecule has 3 aromatic carbocycles. The first-order valence-corrected chi connectivity index (χ1v) is 11.0. The summed E-state index contributed by atoms with van der Waals surface area (Å²) >= 11 is 12.0. The van der Waals surface area contributed by atoms with Crippen LogP contribution in [0, 0.1) is 6.92 Å². The molecule has 0 bridgehead atoms. The largest absolute Gasteiger partial charge is 0.495 e. The van der Waals surface area contributed by atoms with Crippen molar-refractivity contribution in [1.82, 2.24) is 0 Å². The van der Waals surface area contributed by atoms with Crippen molar-refractivity contribution in [2.45, 2.75) is 11.8 Å². The van der Waals surface area contributed by atoms with Gasteiger partial charge in [0.25, 0.3) is 15.9 Å². The lowest BCUT2D eigenvalue weighted by Crippen LogP contribution is -2.16. The van der Waals surface area contributed by atoms with Gasteiger partial charge >= 0.3 is 0 Å². The Hall–Kier alpha value is -2.74. The van der Waals surface area contributed by atoms with Gasteiger partial charge < -0.3 is 10.1 Å². The Morgan fingerprint density at radius 2 is 1.70 bits per heavy atom. The first kappa shape index (κ1) is 22.0. The molecule has 0 aromatic heterocycles. The quantitative estimate of drug-likeness (QED) is 0.513. The molecule has 0 saturated heterocycles. The number of carbonyl (C=O) groups excluding carboxylic acids is 1. The van der Waals surface area contributed by atoms with Crippen LogP contribution in [0.5, 0.6) is 5.75 Å². The van der Waals surface area contributed by atoms with E-state index in [4.69, 9.17) is 27.9 Å². The van der Waals surface area contributed by atoms with E-state index in [0.29, 0.717) is 16.3 Å². The van der Waals surface area contributed by atoms with Gasteiger partial charge in [0.15, 0.2) is 0 Å². The molecule has 0 heterocycles. The van der Waals surface area contributed by atoms with Crippen LogP contribution in [0.25, 0.3) is 0 Å². The van der Waals surface area contributed by atoms with Crippen LogP contribution in [0.15, 0.2) is 65.6 Å². The Morgan fingerprint density at radius 1 is 0.967 bits per heavy atom. The Kier molecular flexibility index (Phi) is 6.55. The highest BCUT2D eigenvalue weighted by Gasteiger charge is 2.20. The maximum absolute atomic E-state index is 12.9. The zero-order chi connectivity index (χ0) is 21.9. The third kappa shape index (κ3) is 4.87. The molecule has 156 valence electrons. The number of halogens is 2. The van der Waals surface area contributed by atoms with Crippen LogP contribution in [0.3, 0.4) is 0 Å². The SMILES string of the molecule is COc1ccc(S(=O)(=O)Nc2cc(Cl)ccc2Cl)cc1NC(=O)c1ccccc1C. The molecule has 0 spiro atoms. The van der Waals surface area contributed by atoms with E-state index in [-0.39, 0.29) is 27.2 Å². The fourth-order valence-electron chi connectivity index (χ4n) is 2.75. The van der Waals surface area contributed by atoms with Crippen LogP contribution in [0.1, 0.15) is 15.9 Å². The van der Waals surface area contributed by atoms with Crippen molar-refractivity contribution in [2.24, 2.45) is 0 Å². The molecule has 30 heavy (non-hydrogen) atoms. The molecule has 6 nitrogen and oxygen atoms in total. The molecule has 2 N–H and O–H groups in total. The predicted molar refractivity (Wildman–Crippen MR) is 119 cm³/mol. The standard InChI is InChI=1S/C21H18Cl2N2O4S/c1-13-5-3-4-6-16(13)21(26)24-19-12-15(8-10-20(19)29-2)30(27,28)25-18-11-14(22)7-9-17(18)23/h3-12,25H,1-2H3,(H,24,26). The molecule has 0 saturated carbocycles. The number of amides is 1. The summed E-state index contributed by atoms with van der Waals surface area (Å²) in [6.07, 6.45) is 0. The second-order valence-electron chi connectivity index (χ2n) is 6.36. The highest BCUT2D eigenvalue weighted by Crippen LogP contribution is 2.31. The number of methoxy groups -OCH3 is 1. The number of sulfonamides is 1. The summed E-state index contributed by atoms with van der Waals surface area (Å²) in [5.41, 5.74) is 1.61. The zero-order valence-electron chi connectivity index (χ0n) is 16.1. The summed E-state index contributed by atoms with van der Waals surface area (Å²) in [7, 11) is -2.58. The number of benzene rings is 3. The average Bonchev–Trinajstić information content (AvgIpc) is 2.70. The van der Waals surface area contributed by atoms with Crippen LogP contribution in [0.2, 0.25) is 10.0 Å². The van der Waals surface area contributed by atoms with E-state index < -0.39 is 10.0 Å². The van der Waals surface area contributed by atoms with Gasteiger partial charge in [-0.2, -0.15) is 0 Å². The van der Waals surface area contributed by atoms with Crippen molar-refractivity contribution in [1.29, 1.82) is 0 Å². The average molecular weight is 465 g/mol. The van der Waals surface area contributed by atoms with Gasteiger partial charge in [0, 0.05) is 10.6 Å². The lowest BCUT2D eigenvalue weighted by molar-refractivity contribution is 0.102. The fourth-order valence-corrected chi connectivity index (χ4v) is 4.24. The number of aryl methyl sites for hydroxylation is 1. The first-order valence-electron chi connectivity index (χ1n) is 8.74. The van der Waals surface area contributed by atoms with Gasteiger partial charge in [0.1, 0.15) is 5.75 Å². The molecule has 0 aliphatic heterocycles. The van der Waals surface area contributed by atoms with Crippen molar-refractivity contribution >= 4 is 50.5 Å². The minimum atomic E-state index is -4.01. The molecule has 0 aliphatic carbocycles. The van der Waals surface area contributed by atoms with E-state index in [1.54, 1.807) is 18.2 Å². The number of hydrogen-bond donors (Lipinski definition) is 2. The van der Waals surface area contributed by atoms with Crippen LogP contribution < -0.4 is 14.8 Å². The number of ether oxygens (including phenoxy) is 1. The van der Waals surface area contributed by atoms with Gasteiger partial charge in [-0.25, -0.2) is 8.42 Å². The number of nitrogens with one attached hydrogen (secondary N) is 2. The van der Waals surface area contributed by atoms with Gasteiger partial charge in [-0.3, -0.25) is 9.52 Å². The summed E-state index contributed by atoms with van der Waals surface area (Å²) in [5, 5.41) is 3.24. The summed E-state index contributed by atoms with van der Waals surface area (Å²) in [6.45, 7) is 1.81. The lowest BCUT2D eigenvalue weighted by atomic mass is 10.1. The molecule has 9 heteroatoms. The van der Waals surface area contributed by atoms with Gasteiger partial charge in [-0.15, -0.1) is 0 Å². The highest BCUT2D eigenvalue weighted by molar-refractivity contribution is 7.92. The normalized spacial score (nSPS) is 11.1. The van der Waals surface area contributed by atoms with Gasteiger partial charge in [-0.1, -0.05) is 41.4 Å². The number of rotatable bonds is 6. The minimum Gasteiger partial charge on any atom is -0.495 e. The van der Waals surface area contributed by atoms with Gasteiger partial charge in [0.05, 0.1) is 28.4 Å². The van der Waals surface area contributed by atoms with Crippen molar-refractivity contribution < 1.29 is 17.9 Å². The third-order valence-corrected chi connectivity index (χ3v) is 6.22. The van der Waals surface area contributed by atoms with Crippen molar-refractivity contribution in [3.8, 4) is 5.75 Å². The second kappa shape index (κ2) is 8.95. The van der Waals surface area contributed by atoms with Crippen molar-refractivity contribution in [2.75, 3.05) is 17.1 Å². The second-order valence-corrected chi connectivity index (χ2v) is 8.89. The molecule has 3 rings (SSSR count). The summed E-state index contributed by atoms with van der Waals surface area (Å²) in [4.78, 5) is 12.6. The topological polar surface area (TPSA) is 84.5 Å². The van der Waals surface area contributed by atoms with E-state index in [9.17, 15) is 13.2 Å². The molecule has 1 amide bonds. The van der Waals surface area contributed by atoms with E-state index in [0.717, 1.165) is 5.56 Å². The van der Waals surface area contributed by atoms with E-state index in [1.165, 1.54) is 37.4 Å². The Morgan fingerprint density at radius 3 is 2.40 bits per heavy atom. The molecular formula is C21H18Cl2N2O4S. The first-order chi connectivity index (χ1) is 14.2. The molecule has 3 aromatic rings. The van der Waals surface area contributed by atoms with Crippen molar-refractivity contribution in [3.63, 3.8) is 0 Å². The monoisotopic (exact) mass is 464 g/mol. The minimum absolute atomic E-state index is 0.0839. The van der Waals surface area contributed by atoms with Crippen LogP contribution in [-0.4, -0.2) is 21.4 Å². The number of carbonyl (C=O) groups is 1. The molecule has 0 aliphatic rings. The number of anilines is 2. The fraction of sp³-hybridized carbons (Fsp3) is 0.0952. The van der Waals surface area contributed by atoms with E-state index in [1.807, 2.05) is 19.1 Å². The lowest BCUT2D eigenvalue weighted by Gasteiger charge is -2.14. The van der Waals surface area contributed by atoms with Gasteiger partial charge in [-0.05, 0) is 55.0 Å². The smallest absolute Gasteiger partial charge is 0.262 e.